The number of benzene rings is 1. The van der Waals surface area contributed by atoms with Crippen molar-refractivity contribution in [2.24, 2.45) is 5.84 Å². The topological polar surface area (TPSA) is 47.3 Å². The highest BCUT2D eigenvalue weighted by Crippen LogP contribution is 2.22. The van der Waals surface area contributed by atoms with Crippen LogP contribution in [-0.2, 0) is 4.74 Å². The van der Waals surface area contributed by atoms with Crippen LogP contribution in [0.2, 0.25) is 0 Å². The average molecular weight is 226 g/mol. The monoisotopic (exact) mass is 226 g/mol. The molecule has 2 unspecified atom stereocenters. The molecule has 0 radical (unpaired) electrons. The van der Waals surface area contributed by atoms with E-state index in [9.17, 15) is 4.39 Å². The van der Waals surface area contributed by atoms with Gasteiger partial charge in [-0.15, -0.1) is 0 Å². The molecule has 1 aromatic rings. The molecule has 0 spiro atoms. The van der Waals surface area contributed by atoms with Crippen molar-refractivity contribution < 1.29 is 9.13 Å². The Morgan fingerprint density at radius 1 is 1.50 bits per heavy atom. The molecule has 0 fully saturated rings. The van der Waals surface area contributed by atoms with Gasteiger partial charge in [0.2, 0.25) is 0 Å². The van der Waals surface area contributed by atoms with Gasteiger partial charge >= 0.3 is 0 Å². The maximum Gasteiger partial charge on any atom is 0.126 e. The van der Waals surface area contributed by atoms with Crippen LogP contribution in [0.25, 0.3) is 0 Å². The molecule has 0 aliphatic heterocycles. The number of hydrogen-bond acceptors (Lipinski definition) is 3. The zero-order valence-electron chi connectivity index (χ0n) is 9.96. The molecule has 1 rings (SSSR count). The van der Waals surface area contributed by atoms with Crippen molar-refractivity contribution in [3.63, 3.8) is 0 Å². The fourth-order valence-corrected chi connectivity index (χ4v) is 1.82. The number of methoxy groups -OCH3 is 1. The Balaban J connectivity index is 2.98. The van der Waals surface area contributed by atoms with Crippen molar-refractivity contribution in [3.05, 3.63) is 35.1 Å². The number of nitrogens with two attached hydrogens (primary N) is 1. The lowest BCUT2D eigenvalue weighted by Crippen LogP contribution is -2.37. The highest BCUT2D eigenvalue weighted by Gasteiger charge is 2.20. The number of halogens is 1. The van der Waals surface area contributed by atoms with Crippen molar-refractivity contribution in [2.45, 2.75) is 32.4 Å². The summed E-state index contributed by atoms with van der Waals surface area (Å²) in [6.45, 7) is 3.76. The van der Waals surface area contributed by atoms with E-state index in [0.29, 0.717) is 5.56 Å². The van der Waals surface area contributed by atoms with Gasteiger partial charge in [0, 0.05) is 7.11 Å². The van der Waals surface area contributed by atoms with Gasteiger partial charge in [0.05, 0.1) is 12.1 Å². The molecule has 2 atom stereocenters. The van der Waals surface area contributed by atoms with Crippen molar-refractivity contribution in [3.8, 4) is 0 Å². The smallest absolute Gasteiger partial charge is 0.126 e. The molecule has 0 saturated carbocycles. The third kappa shape index (κ3) is 2.78. The standard InChI is InChI=1S/C12H19FN2O/c1-4-11(16-3)12(15-14)9-5-6-10(13)8(2)7-9/h5-7,11-12,15H,4,14H2,1-3H3. The minimum atomic E-state index is -0.204. The van der Waals surface area contributed by atoms with Crippen LogP contribution in [0.3, 0.4) is 0 Å². The molecule has 0 aliphatic carbocycles. The van der Waals surface area contributed by atoms with Crippen LogP contribution in [0.1, 0.15) is 30.5 Å². The van der Waals surface area contributed by atoms with E-state index < -0.39 is 0 Å². The summed E-state index contributed by atoms with van der Waals surface area (Å²) in [6, 6.07) is 4.86. The van der Waals surface area contributed by atoms with E-state index in [4.69, 9.17) is 10.6 Å². The zero-order chi connectivity index (χ0) is 12.1. The van der Waals surface area contributed by atoms with Gasteiger partial charge < -0.3 is 4.74 Å². The van der Waals surface area contributed by atoms with E-state index in [0.717, 1.165) is 12.0 Å². The summed E-state index contributed by atoms with van der Waals surface area (Å²) < 4.78 is 18.5. The average Bonchev–Trinajstić information content (AvgIpc) is 2.29. The Morgan fingerprint density at radius 3 is 2.62 bits per heavy atom. The first-order valence-corrected chi connectivity index (χ1v) is 5.39. The third-order valence-corrected chi connectivity index (χ3v) is 2.80. The van der Waals surface area contributed by atoms with E-state index in [1.165, 1.54) is 6.07 Å². The lowest BCUT2D eigenvalue weighted by molar-refractivity contribution is 0.0650. The number of hydrogen-bond donors (Lipinski definition) is 2. The Hall–Kier alpha value is -0.970. The van der Waals surface area contributed by atoms with Gasteiger partial charge in [0.25, 0.3) is 0 Å². The second-order valence-corrected chi connectivity index (χ2v) is 3.84. The molecule has 0 bridgehead atoms. The SMILES string of the molecule is CCC(OC)C(NN)c1ccc(F)c(C)c1. The van der Waals surface area contributed by atoms with E-state index >= 15 is 0 Å². The third-order valence-electron chi connectivity index (χ3n) is 2.80. The molecule has 1 aromatic carbocycles. The van der Waals surface area contributed by atoms with E-state index in [1.54, 1.807) is 26.2 Å². The van der Waals surface area contributed by atoms with Gasteiger partial charge in [-0.3, -0.25) is 11.3 Å². The molecule has 0 aliphatic rings. The number of hydrazine groups is 1. The van der Waals surface area contributed by atoms with Crippen LogP contribution >= 0.6 is 0 Å². The van der Waals surface area contributed by atoms with Crippen LogP contribution in [0.4, 0.5) is 4.39 Å². The van der Waals surface area contributed by atoms with E-state index in [1.807, 2.05) is 6.92 Å². The predicted octanol–water partition coefficient (Wildman–Crippen LogP) is 2.06. The zero-order valence-corrected chi connectivity index (χ0v) is 9.96. The van der Waals surface area contributed by atoms with Crippen LogP contribution in [0, 0.1) is 12.7 Å². The normalized spacial score (nSPS) is 14.8. The quantitative estimate of drug-likeness (QED) is 0.597. The van der Waals surface area contributed by atoms with E-state index in [-0.39, 0.29) is 18.0 Å². The molecule has 16 heavy (non-hydrogen) atoms. The maximum atomic E-state index is 13.1. The molecule has 0 saturated heterocycles. The summed E-state index contributed by atoms with van der Waals surface area (Å²) in [5.74, 6) is 5.32. The Labute approximate surface area is 95.8 Å². The lowest BCUT2D eigenvalue weighted by Gasteiger charge is -2.25. The lowest BCUT2D eigenvalue weighted by atomic mass is 9.98. The Morgan fingerprint density at radius 2 is 2.19 bits per heavy atom. The van der Waals surface area contributed by atoms with Crippen molar-refractivity contribution in [1.82, 2.24) is 5.43 Å². The minimum Gasteiger partial charge on any atom is -0.379 e. The van der Waals surface area contributed by atoms with Gasteiger partial charge in [0.15, 0.2) is 0 Å². The van der Waals surface area contributed by atoms with Crippen molar-refractivity contribution in [2.75, 3.05) is 7.11 Å². The van der Waals surface area contributed by atoms with Gasteiger partial charge in [-0.05, 0) is 30.5 Å². The molecule has 0 aromatic heterocycles. The molecule has 90 valence electrons. The second kappa shape index (κ2) is 5.94. The molecule has 3 N–H and O–H groups in total. The molecule has 4 heteroatoms. The summed E-state index contributed by atoms with van der Waals surface area (Å²) in [7, 11) is 1.65. The van der Waals surface area contributed by atoms with Crippen LogP contribution in [-0.4, -0.2) is 13.2 Å². The summed E-state index contributed by atoms with van der Waals surface area (Å²) in [6.07, 6.45) is 0.816. The summed E-state index contributed by atoms with van der Waals surface area (Å²) in [4.78, 5) is 0. The van der Waals surface area contributed by atoms with Crippen LogP contribution in [0.15, 0.2) is 18.2 Å². The van der Waals surface area contributed by atoms with Gasteiger partial charge in [-0.1, -0.05) is 19.1 Å². The molecule has 0 heterocycles. The Bertz CT molecular complexity index is 340. The second-order valence-electron chi connectivity index (χ2n) is 3.84. The summed E-state index contributed by atoms with van der Waals surface area (Å²) in [5.41, 5.74) is 4.27. The number of ether oxygens (including phenoxy) is 1. The largest absolute Gasteiger partial charge is 0.379 e. The first-order chi connectivity index (χ1) is 7.63. The van der Waals surface area contributed by atoms with Gasteiger partial charge in [-0.25, -0.2) is 4.39 Å². The van der Waals surface area contributed by atoms with Gasteiger partial charge in [0.1, 0.15) is 5.82 Å². The number of rotatable bonds is 5. The minimum absolute atomic E-state index is 0.0186. The van der Waals surface area contributed by atoms with Crippen molar-refractivity contribution >= 4 is 0 Å². The number of aryl methyl sites for hydroxylation is 1. The molecule has 0 amide bonds. The highest BCUT2D eigenvalue weighted by atomic mass is 19.1. The fourth-order valence-electron chi connectivity index (χ4n) is 1.82. The molecular weight excluding hydrogens is 207 g/mol. The van der Waals surface area contributed by atoms with E-state index in [2.05, 4.69) is 5.43 Å². The molecular formula is C12H19FN2O. The fraction of sp³-hybridized carbons (Fsp3) is 0.500. The van der Waals surface area contributed by atoms with Crippen molar-refractivity contribution in [1.29, 1.82) is 0 Å². The summed E-state index contributed by atoms with van der Waals surface area (Å²) >= 11 is 0. The van der Waals surface area contributed by atoms with Crippen LogP contribution in [0.5, 0.6) is 0 Å². The molecule has 3 nitrogen and oxygen atoms in total. The Kier molecular flexibility index (Phi) is 4.86. The maximum absolute atomic E-state index is 13.1. The van der Waals surface area contributed by atoms with Gasteiger partial charge in [-0.2, -0.15) is 0 Å². The first-order valence-electron chi connectivity index (χ1n) is 5.39. The predicted molar refractivity (Wildman–Crippen MR) is 62.3 cm³/mol. The number of nitrogens with one attached hydrogen (secondary N) is 1. The van der Waals surface area contributed by atoms with Crippen LogP contribution < -0.4 is 11.3 Å². The first kappa shape index (κ1) is 13.1. The highest BCUT2D eigenvalue weighted by molar-refractivity contribution is 5.27. The summed E-state index contributed by atoms with van der Waals surface area (Å²) in [5, 5.41) is 0.